The number of nitrogens with one attached hydrogen (secondary N) is 2. The van der Waals surface area contributed by atoms with Gasteiger partial charge in [-0.15, -0.1) is 0 Å². The maximum atomic E-state index is 11.5. The van der Waals surface area contributed by atoms with Crippen LogP contribution in [-0.4, -0.2) is 26.4 Å². The van der Waals surface area contributed by atoms with Crippen LogP contribution in [0.3, 0.4) is 0 Å². The van der Waals surface area contributed by atoms with Gasteiger partial charge in [-0.2, -0.15) is 5.10 Å². The third kappa shape index (κ3) is 1.87. The van der Waals surface area contributed by atoms with Crippen molar-refractivity contribution >= 4 is 17.5 Å². The van der Waals surface area contributed by atoms with Crippen molar-refractivity contribution in [1.82, 2.24) is 20.5 Å². The van der Waals surface area contributed by atoms with Gasteiger partial charge in [0.1, 0.15) is 0 Å². The van der Waals surface area contributed by atoms with Gasteiger partial charge >= 0.3 is 0 Å². The Balaban J connectivity index is 2.17. The van der Waals surface area contributed by atoms with E-state index in [-0.39, 0.29) is 22.9 Å². The predicted octanol–water partition coefficient (Wildman–Crippen LogP) is -1.01. The van der Waals surface area contributed by atoms with E-state index in [2.05, 4.69) is 30.5 Å². The number of anilines is 2. The zero-order valence-corrected chi connectivity index (χ0v) is 7.80. The summed E-state index contributed by atoms with van der Waals surface area (Å²) in [5, 5.41) is 14.6. The van der Waals surface area contributed by atoms with Crippen molar-refractivity contribution in [2.75, 3.05) is 11.1 Å². The average Bonchev–Trinajstić information content (AvgIpc) is 2.68. The molecule has 0 saturated carbocycles. The number of nitrogens with zero attached hydrogens (tertiary/aromatic N) is 3. The lowest BCUT2D eigenvalue weighted by Gasteiger charge is -1.99. The molecule has 9 nitrogen and oxygen atoms in total. The third-order valence-corrected chi connectivity index (χ3v) is 1.65. The SMILES string of the molecule is Nc1nonc1C(=O)Nc1ccc(=O)[nH]n1. The quantitative estimate of drug-likeness (QED) is 0.591. The lowest BCUT2D eigenvalue weighted by atomic mass is 10.4. The fourth-order valence-electron chi connectivity index (χ4n) is 0.943. The van der Waals surface area contributed by atoms with Gasteiger partial charge < -0.3 is 11.1 Å². The highest BCUT2D eigenvalue weighted by Crippen LogP contribution is 2.06. The normalized spacial score (nSPS) is 10.0. The van der Waals surface area contributed by atoms with Gasteiger partial charge in [-0.1, -0.05) is 0 Å². The molecule has 0 aliphatic heterocycles. The van der Waals surface area contributed by atoms with Crippen molar-refractivity contribution in [3.8, 4) is 0 Å². The molecule has 16 heavy (non-hydrogen) atoms. The number of aromatic amines is 1. The lowest BCUT2D eigenvalue weighted by molar-refractivity contribution is 0.101. The predicted molar refractivity (Wildman–Crippen MR) is 51.5 cm³/mol. The summed E-state index contributed by atoms with van der Waals surface area (Å²) in [4.78, 5) is 22.2. The largest absolute Gasteiger partial charge is 0.379 e. The molecule has 2 heterocycles. The van der Waals surface area contributed by atoms with Crippen LogP contribution in [0.4, 0.5) is 11.6 Å². The summed E-state index contributed by atoms with van der Waals surface area (Å²) in [7, 11) is 0. The van der Waals surface area contributed by atoms with E-state index in [1.165, 1.54) is 12.1 Å². The van der Waals surface area contributed by atoms with Crippen molar-refractivity contribution in [2.24, 2.45) is 0 Å². The highest BCUT2D eigenvalue weighted by molar-refractivity contribution is 6.04. The smallest absolute Gasteiger partial charge is 0.283 e. The lowest BCUT2D eigenvalue weighted by Crippen LogP contribution is -2.17. The molecule has 0 spiro atoms. The summed E-state index contributed by atoms with van der Waals surface area (Å²) in [5.74, 6) is -0.591. The Morgan fingerprint density at radius 3 is 2.81 bits per heavy atom. The van der Waals surface area contributed by atoms with E-state index in [0.29, 0.717) is 0 Å². The third-order valence-electron chi connectivity index (χ3n) is 1.65. The number of H-pyrrole nitrogens is 1. The number of hydrogen-bond acceptors (Lipinski definition) is 7. The zero-order valence-electron chi connectivity index (χ0n) is 7.80. The first-order valence-electron chi connectivity index (χ1n) is 4.12. The van der Waals surface area contributed by atoms with Crippen LogP contribution in [0.15, 0.2) is 21.6 Å². The van der Waals surface area contributed by atoms with Crippen LogP contribution in [0, 0.1) is 0 Å². The van der Waals surface area contributed by atoms with Crippen LogP contribution < -0.4 is 16.6 Å². The zero-order chi connectivity index (χ0) is 11.5. The first-order chi connectivity index (χ1) is 7.66. The molecule has 1 amide bonds. The highest BCUT2D eigenvalue weighted by atomic mass is 16.6. The monoisotopic (exact) mass is 222 g/mol. The van der Waals surface area contributed by atoms with E-state index in [1.807, 2.05) is 0 Å². The van der Waals surface area contributed by atoms with Crippen molar-refractivity contribution in [1.29, 1.82) is 0 Å². The molecule has 9 heteroatoms. The van der Waals surface area contributed by atoms with Crippen molar-refractivity contribution in [3.05, 3.63) is 28.2 Å². The Morgan fingerprint density at radius 1 is 1.44 bits per heavy atom. The number of aromatic nitrogens is 4. The van der Waals surface area contributed by atoms with E-state index in [1.54, 1.807) is 0 Å². The summed E-state index contributed by atoms with van der Waals surface area (Å²) >= 11 is 0. The van der Waals surface area contributed by atoms with Gasteiger partial charge in [-0.25, -0.2) is 9.73 Å². The first-order valence-corrected chi connectivity index (χ1v) is 4.12. The minimum atomic E-state index is -0.627. The molecule has 2 aromatic rings. The van der Waals surface area contributed by atoms with Gasteiger partial charge in [-0.3, -0.25) is 9.59 Å². The summed E-state index contributed by atoms with van der Waals surface area (Å²) in [6.07, 6.45) is 0. The van der Waals surface area contributed by atoms with E-state index in [4.69, 9.17) is 5.73 Å². The van der Waals surface area contributed by atoms with Crippen LogP contribution in [0.5, 0.6) is 0 Å². The number of nitrogen functional groups attached to an aromatic ring is 1. The molecule has 82 valence electrons. The number of amides is 1. The van der Waals surface area contributed by atoms with E-state index in [9.17, 15) is 9.59 Å². The number of hydrogen-bond donors (Lipinski definition) is 3. The summed E-state index contributed by atoms with van der Waals surface area (Å²) in [5.41, 5.74) is 4.79. The molecular formula is C7H6N6O3. The topological polar surface area (TPSA) is 140 Å². The van der Waals surface area contributed by atoms with Gasteiger partial charge in [0.25, 0.3) is 11.5 Å². The van der Waals surface area contributed by atoms with E-state index in [0.717, 1.165) is 0 Å². The fraction of sp³-hybridized carbons (Fsp3) is 0. The molecule has 0 unspecified atom stereocenters. The molecule has 0 fully saturated rings. The average molecular weight is 222 g/mol. The molecule has 4 N–H and O–H groups in total. The molecule has 0 aliphatic carbocycles. The first kappa shape index (κ1) is 9.83. The standard InChI is InChI=1S/C7H6N6O3/c8-6-5(12-16-13-6)7(15)9-3-1-2-4(14)11-10-3/h1-2H,(H2,8,13)(H,11,14)(H,9,10,15). The Labute approximate surface area is 87.6 Å². The number of carbonyl (C=O) groups is 1. The van der Waals surface area contributed by atoms with Gasteiger partial charge in [-0.05, 0) is 16.4 Å². The van der Waals surface area contributed by atoms with Crippen molar-refractivity contribution in [2.45, 2.75) is 0 Å². The van der Waals surface area contributed by atoms with Gasteiger partial charge in [0.05, 0.1) is 0 Å². The second kappa shape index (κ2) is 3.81. The Kier molecular flexibility index (Phi) is 2.34. The molecule has 0 aromatic carbocycles. The van der Waals surface area contributed by atoms with Crippen LogP contribution in [0.2, 0.25) is 0 Å². The van der Waals surface area contributed by atoms with Crippen molar-refractivity contribution < 1.29 is 9.42 Å². The highest BCUT2D eigenvalue weighted by Gasteiger charge is 2.16. The maximum Gasteiger partial charge on any atom is 0.283 e. The minimum Gasteiger partial charge on any atom is -0.379 e. The molecule has 0 saturated heterocycles. The van der Waals surface area contributed by atoms with Gasteiger partial charge in [0.2, 0.25) is 11.5 Å². The molecule has 0 radical (unpaired) electrons. The Morgan fingerprint density at radius 2 is 2.25 bits per heavy atom. The van der Waals surface area contributed by atoms with Crippen LogP contribution in [-0.2, 0) is 0 Å². The number of carbonyl (C=O) groups excluding carboxylic acids is 1. The molecule has 0 aliphatic rings. The van der Waals surface area contributed by atoms with Gasteiger partial charge in [0, 0.05) is 6.07 Å². The van der Waals surface area contributed by atoms with Crippen LogP contribution in [0.1, 0.15) is 10.5 Å². The van der Waals surface area contributed by atoms with Crippen LogP contribution in [0.25, 0.3) is 0 Å². The molecule has 2 rings (SSSR count). The second-order valence-corrected chi connectivity index (χ2v) is 2.76. The molecular weight excluding hydrogens is 216 g/mol. The van der Waals surface area contributed by atoms with Crippen molar-refractivity contribution in [3.63, 3.8) is 0 Å². The fourth-order valence-corrected chi connectivity index (χ4v) is 0.943. The van der Waals surface area contributed by atoms with E-state index < -0.39 is 5.91 Å². The molecule has 0 atom stereocenters. The maximum absolute atomic E-state index is 11.5. The summed E-state index contributed by atoms with van der Waals surface area (Å²) in [6, 6.07) is 2.55. The summed E-state index contributed by atoms with van der Waals surface area (Å²) in [6.45, 7) is 0. The number of nitrogens with two attached hydrogens (primary N) is 1. The Hall–Kier alpha value is -2.71. The van der Waals surface area contributed by atoms with Crippen LogP contribution >= 0.6 is 0 Å². The van der Waals surface area contributed by atoms with E-state index >= 15 is 0 Å². The Bertz CT molecular complexity index is 553. The second-order valence-electron chi connectivity index (χ2n) is 2.76. The minimum absolute atomic E-state index is 0.123. The summed E-state index contributed by atoms with van der Waals surface area (Å²) < 4.78 is 4.26. The van der Waals surface area contributed by atoms with Gasteiger partial charge in [0.15, 0.2) is 5.82 Å². The molecule has 0 bridgehead atoms. The number of rotatable bonds is 2. The molecule has 2 aromatic heterocycles.